The summed E-state index contributed by atoms with van der Waals surface area (Å²) < 4.78 is 2.04. The van der Waals surface area contributed by atoms with E-state index in [0.717, 1.165) is 16.6 Å². The Balaban J connectivity index is 2.78. The zero-order valence-corrected chi connectivity index (χ0v) is 7.86. The average molecular weight is 175 g/mol. The second kappa shape index (κ2) is 2.89. The summed E-state index contributed by atoms with van der Waals surface area (Å²) in [5, 5.41) is 9.58. The number of rotatable bonds is 1. The van der Waals surface area contributed by atoms with Crippen LogP contribution in [0.5, 0.6) is 0 Å². The first kappa shape index (κ1) is 8.32. The van der Waals surface area contributed by atoms with Crippen LogP contribution in [-0.2, 0) is 0 Å². The SMILES string of the molecule is Cc1cn2ccccc2c1C(C)O. The molecule has 2 nitrogen and oxygen atoms in total. The van der Waals surface area contributed by atoms with Gasteiger partial charge in [0.1, 0.15) is 0 Å². The molecule has 0 radical (unpaired) electrons. The van der Waals surface area contributed by atoms with Crippen LogP contribution >= 0.6 is 0 Å². The van der Waals surface area contributed by atoms with Gasteiger partial charge in [0, 0.05) is 18.0 Å². The fourth-order valence-electron chi connectivity index (χ4n) is 1.82. The Bertz CT molecular complexity index is 429. The van der Waals surface area contributed by atoms with Crippen molar-refractivity contribution in [3.8, 4) is 0 Å². The highest BCUT2D eigenvalue weighted by Crippen LogP contribution is 2.24. The first-order valence-electron chi connectivity index (χ1n) is 4.44. The van der Waals surface area contributed by atoms with Crippen molar-refractivity contribution >= 4 is 5.52 Å². The molecule has 0 bridgehead atoms. The molecule has 1 atom stereocenters. The number of fused-ring (bicyclic) bond motifs is 1. The van der Waals surface area contributed by atoms with E-state index in [1.165, 1.54) is 0 Å². The Morgan fingerprint density at radius 2 is 2.15 bits per heavy atom. The zero-order valence-electron chi connectivity index (χ0n) is 7.86. The first-order chi connectivity index (χ1) is 6.20. The van der Waals surface area contributed by atoms with Gasteiger partial charge in [0.05, 0.1) is 11.6 Å². The lowest BCUT2D eigenvalue weighted by Gasteiger charge is -2.03. The molecule has 0 aromatic carbocycles. The first-order valence-corrected chi connectivity index (χ1v) is 4.44. The van der Waals surface area contributed by atoms with Gasteiger partial charge >= 0.3 is 0 Å². The van der Waals surface area contributed by atoms with Crippen molar-refractivity contribution in [1.82, 2.24) is 4.40 Å². The molecule has 0 amide bonds. The molecule has 0 saturated carbocycles. The quantitative estimate of drug-likeness (QED) is 0.706. The minimum absolute atomic E-state index is 0.396. The second-order valence-corrected chi connectivity index (χ2v) is 3.39. The Morgan fingerprint density at radius 1 is 1.38 bits per heavy atom. The monoisotopic (exact) mass is 175 g/mol. The van der Waals surface area contributed by atoms with Gasteiger partial charge in [-0.1, -0.05) is 6.07 Å². The number of hydrogen-bond donors (Lipinski definition) is 1. The molecule has 2 aromatic rings. The fraction of sp³-hybridized carbons (Fsp3) is 0.273. The number of aliphatic hydroxyl groups excluding tert-OH is 1. The molecule has 2 heterocycles. The van der Waals surface area contributed by atoms with Crippen molar-refractivity contribution in [2.24, 2.45) is 0 Å². The highest BCUT2D eigenvalue weighted by Gasteiger charge is 2.10. The molecule has 0 spiro atoms. The Morgan fingerprint density at radius 3 is 2.85 bits per heavy atom. The van der Waals surface area contributed by atoms with Gasteiger partial charge in [-0.15, -0.1) is 0 Å². The van der Waals surface area contributed by atoms with E-state index in [9.17, 15) is 5.11 Å². The minimum Gasteiger partial charge on any atom is -0.389 e. The minimum atomic E-state index is -0.396. The molecule has 0 aliphatic rings. The Kier molecular flexibility index (Phi) is 1.85. The van der Waals surface area contributed by atoms with Crippen molar-refractivity contribution in [3.05, 3.63) is 41.7 Å². The van der Waals surface area contributed by atoms with E-state index in [2.05, 4.69) is 0 Å². The normalized spacial score (nSPS) is 13.5. The maximum atomic E-state index is 9.58. The molecule has 0 fully saturated rings. The molecule has 1 unspecified atom stereocenters. The topological polar surface area (TPSA) is 24.6 Å². The van der Waals surface area contributed by atoms with E-state index in [0.29, 0.717) is 0 Å². The number of aryl methyl sites for hydroxylation is 1. The molecular formula is C11H13NO. The van der Waals surface area contributed by atoms with Gasteiger partial charge in [0.2, 0.25) is 0 Å². The molecule has 2 aromatic heterocycles. The number of aromatic nitrogens is 1. The lowest BCUT2D eigenvalue weighted by atomic mass is 10.1. The lowest BCUT2D eigenvalue weighted by Crippen LogP contribution is -1.91. The predicted octanol–water partition coefficient (Wildman–Crippen LogP) is 2.30. The van der Waals surface area contributed by atoms with Crippen LogP contribution in [0.1, 0.15) is 24.2 Å². The summed E-state index contributed by atoms with van der Waals surface area (Å²) in [6, 6.07) is 5.99. The molecule has 68 valence electrons. The van der Waals surface area contributed by atoms with Crippen LogP contribution in [0.25, 0.3) is 5.52 Å². The van der Waals surface area contributed by atoms with Crippen LogP contribution in [0.15, 0.2) is 30.6 Å². The van der Waals surface area contributed by atoms with Crippen molar-refractivity contribution < 1.29 is 5.11 Å². The van der Waals surface area contributed by atoms with E-state index in [1.54, 1.807) is 6.92 Å². The van der Waals surface area contributed by atoms with E-state index in [-0.39, 0.29) is 0 Å². The number of aliphatic hydroxyl groups is 1. The molecule has 13 heavy (non-hydrogen) atoms. The van der Waals surface area contributed by atoms with Crippen LogP contribution < -0.4 is 0 Å². The van der Waals surface area contributed by atoms with E-state index >= 15 is 0 Å². The van der Waals surface area contributed by atoms with Crippen LogP contribution in [0, 0.1) is 6.92 Å². The average Bonchev–Trinajstić information content (AvgIpc) is 2.39. The summed E-state index contributed by atoms with van der Waals surface area (Å²) in [7, 11) is 0. The van der Waals surface area contributed by atoms with E-state index in [4.69, 9.17) is 0 Å². The highest BCUT2D eigenvalue weighted by molar-refractivity contribution is 5.59. The number of hydrogen-bond acceptors (Lipinski definition) is 1. The Hall–Kier alpha value is -1.28. The number of pyridine rings is 1. The largest absolute Gasteiger partial charge is 0.389 e. The van der Waals surface area contributed by atoms with Crippen molar-refractivity contribution in [3.63, 3.8) is 0 Å². The highest BCUT2D eigenvalue weighted by atomic mass is 16.3. The third kappa shape index (κ3) is 1.23. The predicted molar refractivity (Wildman–Crippen MR) is 52.8 cm³/mol. The third-order valence-electron chi connectivity index (χ3n) is 2.34. The summed E-state index contributed by atoms with van der Waals surface area (Å²) in [6.07, 6.45) is 3.64. The van der Waals surface area contributed by atoms with Gasteiger partial charge < -0.3 is 9.51 Å². The van der Waals surface area contributed by atoms with Crippen molar-refractivity contribution in [1.29, 1.82) is 0 Å². The molecular weight excluding hydrogens is 162 g/mol. The van der Waals surface area contributed by atoms with Gasteiger partial charge in [-0.25, -0.2) is 0 Å². The molecule has 1 N–H and O–H groups in total. The van der Waals surface area contributed by atoms with Crippen LogP contribution in [0.2, 0.25) is 0 Å². The van der Waals surface area contributed by atoms with Gasteiger partial charge in [0.15, 0.2) is 0 Å². The van der Waals surface area contributed by atoms with Gasteiger partial charge in [-0.3, -0.25) is 0 Å². The molecule has 0 aliphatic carbocycles. The smallest absolute Gasteiger partial charge is 0.0785 e. The molecule has 0 saturated heterocycles. The second-order valence-electron chi connectivity index (χ2n) is 3.39. The molecule has 2 heteroatoms. The lowest BCUT2D eigenvalue weighted by molar-refractivity contribution is 0.200. The van der Waals surface area contributed by atoms with E-state index in [1.807, 2.05) is 41.9 Å². The van der Waals surface area contributed by atoms with Crippen LogP contribution in [-0.4, -0.2) is 9.51 Å². The maximum absolute atomic E-state index is 9.58. The van der Waals surface area contributed by atoms with Crippen molar-refractivity contribution in [2.75, 3.05) is 0 Å². The summed E-state index contributed by atoms with van der Waals surface area (Å²) >= 11 is 0. The van der Waals surface area contributed by atoms with Gasteiger partial charge in [0.25, 0.3) is 0 Å². The summed E-state index contributed by atoms with van der Waals surface area (Å²) in [5.74, 6) is 0. The standard InChI is InChI=1S/C11H13NO/c1-8-7-12-6-4-3-5-10(12)11(8)9(2)13/h3-7,9,13H,1-2H3. The van der Waals surface area contributed by atoms with Crippen LogP contribution in [0.3, 0.4) is 0 Å². The Labute approximate surface area is 77.4 Å². The maximum Gasteiger partial charge on any atom is 0.0785 e. The van der Waals surface area contributed by atoms with E-state index < -0.39 is 6.10 Å². The van der Waals surface area contributed by atoms with Gasteiger partial charge in [-0.2, -0.15) is 0 Å². The zero-order chi connectivity index (χ0) is 9.42. The molecule has 2 rings (SSSR count). The molecule has 0 aliphatic heterocycles. The fourth-order valence-corrected chi connectivity index (χ4v) is 1.82. The van der Waals surface area contributed by atoms with Crippen LogP contribution in [0.4, 0.5) is 0 Å². The van der Waals surface area contributed by atoms with Gasteiger partial charge in [-0.05, 0) is 31.5 Å². The summed E-state index contributed by atoms with van der Waals surface area (Å²) in [6.45, 7) is 3.82. The van der Waals surface area contributed by atoms with Crippen molar-refractivity contribution in [2.45, 2.75) is 20.0 Å². The number of nitrogens with zero attached hydrogens (tertiary/aromatic N) is 1. The summed E-state index contributed by atoms with van der Waals surface area (Å²) in [5.41, 5.74) is 3.26. The summed E-state index contributed by atoms with van der Waals surface area (Å²) in [4.78, 5) is 0. The third-order valence-corrected chi connectivity index (χ3v) is 2.34.